The summed E-state index contributed by atoms with van der Waals surface area (Å²) in [5.74, 6) is 0.357. The number of benzene rings is 2. The van der Waals surface area contributed by atoms with Crippen LogP contribution in [0.2, 0.25) is 5.02 Å². The highest BCUT2D eigenvalue weighted by Gasteiger charge is 2.40. The third-order valence-electron chi connectivity index (χ3n) is 4.68. The van der Waals surface area contributed by atoms with E-state index in [-0.39, 0.29) is 5.70 Å². The van der Waals surface area contributed by atoms with Crippen LogP contribution in [0, 0.1) is 0 Å². The van der Waals surface area contributed by atoms with Crippen molar-refractivity contribution in [3.8, 4) is 11.5 Å². The zero-order valence-corrected chi connectivity index (χ0v) is 18.4. The second-order valence-electron chi connectivity index (χ2n) is 6.57. The van der Waals surface area contributed by atoms with E-state index < -0.39 is 11.8 Å². The fraction of sp³-hybridized carbons (Fsp3) is 0.130. The van der Waals surface area contributed by atoms with Crippen molar-refractivity contribution in [1.82, 2.24) is 0 Å². The molecule has 6 nitrogen and oxygen atoms in total. The van der Waals surface area contributed by atoms with Gasteiger partial charge in [0.1, 0.15) is 17.2 Å². The van der Waals surface area contributed by atoms with Gasteiger partial charge in [-0.1, -0.05) is 17.7 Å². The molecule has 2 amide bonds. The lowest BCUT2D eigenvalue weighted by Crippen LogP contribution is -2.32. The smallest absolute Gasteiger partial charge is 0.282 e. The number of ether oxygens (including phenoxy) is 2. The summed E-state index contributed by atoms with van der Waals surface area (Å²) in [6.07, 6.45) is 0. The zero-order chi connectivity index (χ0) is 22.0. The first-order valence-corrected chi connectivity index (χ1v) is 10.8. The summed E-state index contributed by atoms with van der Waals surface area (Å²) in [6, 6.07) is 15.6. The van der Waals surface area contributed by atoms with Crippen molar-refractivity contribution in [3.05, 3.63) is 75.6 Å². The number of methoxy groups -OCH3 is 1. The molecule has 2 aromatic carbocycles. The Morgan fingerprint density at radius 2 is 1.84 bits per heavy atom. The van der Waals surface area contributed by atoms with Gasteiger partial charge < -0.3 is 14.8 Å². The van der Waals surface area contributed by atoms with E-state index in [4.69, 9.17) is 21.1 Å². The number of nitrogens with one attached hydrogen (secondary N) is 1. The summed E-state index contributed by atoms with van der Waals surface area (Å²) >= 11 is 7.62. The molecule has 0 atom stereocenters. The van der Waals surface area contributed by atoms with Gasteiger partial charge in [0.25, 0.3) is 11.8 Å². The Balaban J connectivity index is 1.72. The van der Waals surface area contributed by atoms with Crippen LogP contribution in [0.4, 0.5) is 11.4 Å². The molecular weight excluding hydrogens is 436 g/mol. The zero-order valence-electron chi connectivity index (χ0n) is 16.8. The van der Waals surface area contributed by atoms with Crippen molar-refractivity contribution in [1.29, 1.82) is 0 Å². The van der Waals surface area contributed by atoms with Crippen molar-refractivity contribution in [2.45, 2.75) is 6.92 Å². The predicted molar refractivity (Wildman–Crippen MR) is 123 cm³/mol. The summed E-state index contributed by atoms with van der Waals surface area (Å²) in [6.45, 7) is 2.42. The fourth-order valence-electron chi connectivity index (χ4n) is 3.28. The number of hydrogen-bond acceptors (Lipinski definition) is 6. The van der Waals surface area contributed by atoms with E-state index in [1.54, 1.807) is 42.5 Å². The molecule has 0 saturated heterocycles. The molecule has 1 aliphatic heterocycles. The molecule has 0 fully saturated rings. The van der Waals surface area contributed by atoms with E-state index in [1.807, 2.05) is 24.4 Å². The molecule has 0 unspecified atom stereocenters. The van der Waals surface area contributed by atoms with Crippen LogP contribution in [0.3, 0.4) is 0 Å². The SMILES string of the molecule is CCOc1ccc(N2C(=O)C(Nc3ccc(OC)c(Cl)c3)=C(c3cccs3)C2=O)cc1. The molecule has 0 spiro atoms. The second kappa shape index (κ2) is 8.83. The third kappa shape index (κ3) is 4.02. The van der Waals surface area contributed by atoms with Crippen LogP contribution in [0.25, 0.3) is 5.57 Å². The van der Waals surface area contributed by atoms with E-state index in [0.717, 1.165) is 4.90 Å². The van der Waals surface area contributed by atoms with Crippen molar-refractivity contribution in [3.63, 3.8) is 0 Å². The molecule has 1 aromatic heterocycles. The molecule has 8 heteroatoms. The fourth-order valence-corrected chi connectivity index (χ4v) is 4.30. The van der Waals surface area contributed by atoms with Gasteiger partial charge in [0.05, 0.1) is 30.0 Å². The van der Waals surface area contributed by atoms with Gasteiger partial charge in [0.15, 0.2) is 0 Å². The van der Waals surface area contributed by atoms with E-state index in [2.05, 4.69) is 5.32 Å². The first-order chi connectivity index (χ1) is 15.0. The van der Waals surface area contributed by atoms with Crippen LogP contribution in [0.1, 0.15) is 11.8 Å². The lowest BCUT2D eigenvalue weighted by molar-refractivity contribution is -0.120. The average Bonchev–Trinajstić information content (AvgIpc) is 3.36. The van der Waals surface area contributed by atoms with Crippen LogP contribution >= 0.6 is 22.9 Å². The monoisotopic (exact) mass is 454 g/mol. The Kier molecular flexibility index (Phi) is 5.97. The third-order valence-corrected chi connectivity index (χ3v) is 5.86. The number of hydrogen-bond donors (Lipinski definition) is 1. The molecule has 31 heavy (non-hydrogen) atoms. The van der Waals surface area contributed by atoms with Crippen LogP contribution < -0.4 is 19.7 Å². The minimum Gasteiger partial charge on any atom is -0.495 e. The van der Waals surface area contributed by atoms with Crippen molar-refractivity contribution < 1.29 is 19.1 Å². The first kappa shape index (κ1) is 21.0. The maximum absolute atomic E-state index is 13.3. The Morgan fingerprint density at radius 1 is 1.06 bits per heavy atom. The maximum Gasteiger partial charge on any atom is 0.282 e. The van der Waals surface area contributed by atoms with Gasteiger partial charge in [-0.3, -0.25) is 9.59 Å². The number of amides is 2. The largest absolute Gasteiger partial charge is 0.495 e. The number of thiophene rings is 1. The van der Waals surface area contributed by atoms with E-state index >= 15 is 0 Å². The van der Waals surface area contributed by atoms with Gasteiger partial charge in [-0.05, 0) is 60.8 Å². The van der Waals surface area contributed by atoms with Gasteiger partial charge in [0, 0.05) is 10.6 Å². The van der Waals surface area contributed by atoms with Crippen LogP contribution in [-0.4, -0.2) is 25.5 Å². The number of halogens is 1. The van der Waals surface area contributed by atoms with Crippen molar-refractivity contribution >= 4 is 51.7 Å². The molecule has 0 saturated carbocycles. The minimum atomic E-state index is -0.440. The van der Waals surface area contributed by atoms with Crippen LogP contribution in [0.15, 0.2) is 65.7 Å². The molecule has 158 valence electrons. The Labute approximate surface area is 188 Å². The summed E-state index contributed by atoms with van der Waals surface area (Å²) in [5.41, 5.74) is 1.56. The second-order valence-corrected chi connectivity index (χ2v) is 7.93. The lowest BCUT2D eigenvalue weighted by atomic mass is 10.2. The number of imide groups is 1. The number of carbonyl (C=O) groups excluding carboxylic acids is 2. The first-order valence-electron chi connectivity index (χ1n) is 9.53. The molecule has 1 aliphatic rings. The summed E-state index contributed by atoms with van der Waals surface area (Å²) in [7, 11) is 1.53. The van der Waals surface area contributed by atoms with Gasteiger partial charge in [-0.15, -0.1) is 11.3 Å². The van der Waals surface area contributed by atoms with Gasteiger partial charge in [-0.25, -0.2) is 4.90 Å². The van der Waals surface area contributed by atoms with Crippen molar-refractivity contribution in [2.75, 3.05) is 23.9 Å². The van der Waals surface area contributed by atoms with E-state index in [1.165, 1.54) is 18.4 Å². The molecule has 1 N–H and O–H groups in total. The maximum atomic E-state index is 13.3. The number of anilines is 2. The van der Waals surface area contributed by atoms with Crippen molar-refractivity contribution in [2.24, 2.45) is 0 Å². The minimum absolute atomic E-state index is 0.197. The molecule has 0 radical (unpaired) electrons. The van der Waals surface area contributed by atoms with E-state index in [9.17, 15) is 9.59 Å². The van der Waals surface area contributed by atoms with Gasteiger partial charge in [0.2, 0.25) is 0 Å². The average molecular weight is 455 g/mol. The topological polar surface area (TPSA) is 67.9 Å². The molecule has 0 aliphatic carbocycles. The van der Waals surface area contributed by atoms with Gasteiger partial charge >= 0.3 is 0 Å². The Bertz CT molecular complexity index is 1160. The number of rotatable bonds is 7. The van der Waals surface area contributed by atoms with Crippen LogP contribution in [-0.2, 0) is 9.59 Å². The Morgan fingerprint density at radius 3 is 2.45 bits per heavy atom. The number of carbonyl (C=O) groups is 2. The number of nitrogens with zero attached hydrogens (tertiary/aromatic N) is 1. The molecule has 4 rings (SSSR count). The molecule has 3 aromatic rings. The normalized spacial score (nSPS) is 13.7. The predicted octanol–water partition coefficient (Wildman–Crippen LogP) is 5.21. The molecule has 2 heterocycles. The highest BCUT2D eigenvalue weighted by Crippen LogP contribution is 2.37. The standard InChI is InChI=1S/C23H19ClN2O4S/c1-3-30-16-9-7-15(8-10-16)26-22(27)20(19-5-4-12-31-19)21(23(26)28)25-14-6-11-18(29-2)17(24)13-14/h4-13,25H,3H2,1-2H3. The summed E-state index contributed by atoms with van der Waals surface area (Å²) in [4.78, 5) is 28.5. The highest BCUT2D eigenvalue weighted by molar-refractivity contribution is 7.11. The lowest BCUT2D eigenvalue weighted by Gasteiger charge is -2.16. The summed E-state index contributed by atoms with van der Waals surface area (Å²) < 4.78 is 10.6. The highest BCUT2D eigenvalue weighted by atomic mass is 35.5. The van der Waals surface area contributed by atoms with Crippen LogP contribution in [0.5, 0.6) is 11.5 Å². The van der Waals surface area contributed by atoms with Gasteiger partial charge in [-0.2, -0.15) is 0 Å². The quantitative estimate of drug-likeness (QED) is 0.496. The molecule has 0 bridgehead atoms. The van der Waals surface area contributed by atoms with E-state index in [0.29, 0.717) is 45.0 Å². The summed E-state index contributed by atoms with van der Waals surface area (Å²) in [5, 5.41) is 5.35. The molecular formula is C23H19ClN2O4S. The Hall–Kier alpha value is -3.29.